The van der Waals surface area contributed by atoms with Gasteiger partial charge in [-0.15, -0.1) is 0 Å². The highest BCUT2D eigenvalue weighted by Gasteiger charge is 2.24. The molecule has 2 aromatic heterocycles. The van der Waals surface area contributed by atoms with Gasteiger partial charge in [0.25, 0.3) is 0 Å². The molecule has 0 fully saturated rings. The van der Waals surface area contributed by atoms with Crippen molar-refractivity contribution in [3.63, 3.8) is 0 Å². The van der Waals surface area contributed by atoms with Gasteiger partial charge in [-0.05, 0) is 122 Å². The van der Waals surface area contributed by atoms with Crippen molar-refractivity contribution in [2.24, 2.45) is 0 Å². The predicted molar refractivity (Wildman–Crippen MR) is 222 cm³/mol. The second kappa shape index (κ2) is 12.2. The molecule has 2 heterocycles. The number of aromatic nitrogens is 1. The molecule has 0 radical (unpaired) electrons. The molecule has 0 bridgehead atoms. The van der Waals surface area contributed by atoms with Crippen molar-refractivity contribution in [2.75, 3.05) is 9.80 Å². The maximum Gasteiger partial charge on any atom is 0.147 e. The average Bonchev–Trinajstić information content (AvgIpc) is 3.69. The lowest BCUT2D eigenvalue weighted by Crippen LogP contribution is -2.11. The van der Waals surface area contributed by atoms with Gasteiger partial charge in [-0.25, -0.2) is 8.78 Å². The summed E-state index contributed by atoms with van der Waals surface area (Å²) < 4.78 is 33.6. The minimum atomic E-state index is -0.289. The predicted octanol–water partition coefficient (Wildman–Crippen LogP) is 14.1. The Bertz CT molecular complexity index is 3050. The van der Waals surface area contributed by atoms with E-state index in [2.05, 4.69) is 110 Å². The van der Waals surface area contributed by atoms with Gasteiger partial charge in [0.1, 0.15) is 11.6 Å². The van der Waals surface area contributed by atoms with Crippen molar-refractivity contribution >= 4 is 83.0 Å². The Morgan fingerprint density at radius 2 is 0.907 bits per heavy atom. The van der Waals surface area contributed by atoms with Crippen LogP contribution in [0.3, 0.4) is 0 Å². The van der Waals surface area contributed by atoms with E-state index in [0.717, 1.165) is 88.3 Å². The summed E-state index contributed by atoms with van der Waals surface area (Å²) in [6.45, 7) is 6.24. The number of nitrogens with zero attached hydrogens (tertiary/aromatic N) is 3. The molecule has 0 aliphatic carbocycles. The number of rotatable bonds is 6. The maximum atomic E-state index is 15.6. The smallest absolute Gasteiger partial charge is 0.147 e. The van der Waals surface area contributed by atoms with Crippen LogP contribution in [0.2, 0.25) is 0 Å². The number of anilines is 6. The van der Waals surface area contributed by atoms with Crippen LogP contribution in [0, 0.1) is 32.4 Å². The van der Waals surface area contributed by atoms with E-state index in [9.17, 15) is 0 Å². The molecule has 0 saturated heterocycles. The Balaban J connectivity index is 1.26. The van der Waals surface area contributed by atoms with Crippen molar-refractivity contribution in [1.82, 2.24) is 4.40 Å². The molecule has 0 saturated carbocycles. The second-order valence-electron chi connectivity index (χ2n) is 14.4. The van der Waals surface area contributed by atoms with Gasteiger partial charge in [0.15, 0.2) is 0 Å². The third kappa shape index (κ3) is 4.92. The minimum absolute atomic E-state index is 0.287. The molecule has 5 heteroatoms. The maximum absolute atomic E-state index is 15.6. The molecule has 54 heavy (non-hydrogen) atoms. The highest BCUT2D eigenvalue weighted by molar-refractivity contribution is 6.31. The van der Waals surface area contributed by atoms with Gasteiger partial charge in [0, 0.05) is 44.3 Å². The van der Waals surface area contributed by atoms with Crippen LogP contribution in [0.15, 0.2) is 158 Å². The molecule has 10 rings (SSSR count). The monoisotopic (exact) mass is 703 g/mol. The number of para-hydroxylation sites is 2. The van der Waals surface area contributed by atoms with E-state index < -0.39 is 0 Å². The Morgan fingerprint density at radius 1 is 0.407 bits per heavy atom. The summed E-state index contributed by atoms with van der Waals surface area (Å²) in [6, 6.07) is 52.1. The summed E-state index contributed by atoms with van der Waals surface area (Å²) in [4.78, 5) is 4.00. The normalized spacial score (nSPS) is 11.8. The van der Waals surface area contributed by atoms with Crippen molar-refractivity contribution in [3.8, 4) is 0 Å². The van der Waals surface area contributed by atoms with Gasteiger partial charge in [-0.3, -0.25) is 0 Å². The molecular weight excluding hydrogens is 669 g/mol. The fourth-order valence-electron chi connectivity index (χ4n) is 8.21. The van der Waals surface area contributed by atoms with Crippen LogP contribution in [0.25, 0.3) is 48.9 Å². The molecule has 3 nitrogen and oxygen atoms in total. The van der Waals surface area contributed by atoms with Gasteiger partial charge >= 0.3 is 0 Å². The average molecular weight is 704 g/mol. The van der Waals surface area contributed by atoms with E-state index in [1.807, 2.05) is 58.3 Å². The van der Waals surface area contributed by atoms with E-state index in [1.165, 1.54) is 12.1 Å². The summed E-state index contributed by atoms with van der Waals surface area (Å²) >= 11 is 0. The molecule has 0 N–H and O–H groups in total. The topological polar surface area (TPSA) is 10.9 Å². The summed E-state index contributed by atoms with van der Waals surface area (Å²) in [7, 11) is 0. The zero-order chi connectivity index (χ0) is 36.7. The van der Waals surface area contributed by atoms with Crippen LogP contribution in [0.5, 0.6) is 0 Å². The first kappa shape index (κ1) is 32.0. The van der Waals surface area contributed by atoms with Crippen molar-refractivity contribution in [2.45, 2.75) is 20.8 Å². The summed E-state index contributed by atoms with van der Waals surface area (Å²) in [5, 5.41) is 6.76. The van der Waals surface area contributed by atoms with Crippen molar-refractivity contribution in [1.29, 1.82) is 0 Å². The zero-order valence-corrected chi connectivity index (χ0v) is 30.1. The number of fused-ring (bicyclic) bond motifs is 8. The lowest BCUT2D eigenvalue weighted by atomic mass is 9.98. The Morgan fingerprint density at radius 3 is 1.52 bits per heavy atom. The lowest BCUT2D eigenvalue weighted by Gasteiger charge is -2.26. The van der Waals surface area contributed by atoms with Gasteiger partial charge in [-0.1, -0.05) is 83.9 Å². The van der Waals surface area contributed by atoms with E-state index >= 15 is 8.78 Å². The molecule has 0 amide bonds. The third-order valence-electron chi connectivity index (χ3n) is 10.8. The number of halogens is 2. The van der Waals surface area contributed by atoms with Gasteiger partial charge in [-0.2, -0.15) is 0 Å². The Labute approximate surface area is 311 Å². The number of hydrogen-bond donors (Lipinski definition) is 0. The van der Waals surface area contributed by atoms with Crippen LogP contribution < -0.4 is 9.80 Å². The Kier molecular flexibility index (Phi) is 7.21. The molecule has 8 aromatic carbocycles. The number of benzene rings is 8. The largest absolute Gasteiger partial charge is 0.308 e. The zero-order valence-electron chi connectivity index (χ0n) is 30.1. The number of aryl methyl sites for hydroxylation is 3. The highest BCUT2D eigenvalue weighted by atomic mass is 19.1. The molecule has 0 atom stereocenters. The fourth-order valence-corrected chi connectivity index (χ4v) is 8.21. The fraction of sp³-hybridized carbons (Fsp3) is 0.0612. The van der Waals surface area contributed by atoms with Gasteiger partial charge in [0.2, 0.25) is 0 Å². The minimum Gasteiger partial charge on any atom is -0.308 e. The van der Waals surface area contributed by atoms with E-state index in [1.54, 1.807) is 12.1 Å². The molecule has 0 aliphatic heterocycles. The summed E-state index contributed by atoms with van der Waals surface area (Å²) in [6.07, 6.45) is 0. The lowest BCUT2D eigenvalue weighted by molar-refractivity contribution is 0.628. The quantitative estimate of drug-likeness (QED) is 0.171. The number of hydrogen-bond acceptors (Lipinski definition) is 2. The summed E-state index contributed by atoms with van der Waals surface area (Å²) in [5.41, 5.74) is 11.2. The van der Waals surface area contributed by atoms with Crippen LogP contribution >= 0.6 is 0 Å². The first-order valence-corrected chi connectivity index (χ1v) is 18.2. The first-order chi connectivity index (χ1) is 26.3. The van der Waals surface area contributed by atoms with Crippen LogP contribution in [-0.2, 0) is 0 Å². The first-order valence-electron chi connectivity index (χ1n) is 18.2. The SMILES string of the molecule is Cc1ccc(N(c2ccc3cc4c5ccc(N(c6ccc(C)cc6)c6ccccc6F)cc5n5c6cc(C)ccc6c(c3c2)c45)c2ccccc2F)cc1. The van der Waals surface area contributed by atoms with Crippen molar-refractivity contribution < 1.29 is 8.78 Å². The van der Waals surface area contributed by atoms with E-state index in [-0.39, 0.29) is 11.6 Å². The van der Waals surface area contributed by atoms with Crippen LogP contribution in [-0.4, -0.2) is 4.40 Å². The molecule has 0 spiro atoms. The molecular formula is C49H35F2N3. The standard InChI is InChI=1S/C49H35F2N3/c1-30-12-18-34(19-13-30)52(44-10-6-4-8-42(44)50)36-22-17-33-27-41-38-25-23-37(53(35-20-14-31(2)15-21-35)45-11-7-5-9-43(45)51)29-47(38)54-46-26-32(3)16-24-39(46)48(49(41)54)40(33)28-36/h4-29H,1-3H3. The van der Waals surface area contributed by atoms with E-state index in [4.69, 9.17) is 0 Å². The van der Waals surface area contributed by atoms with Gasteiger partial charge < -0.3 is 14.2 Å². The molecule has 0 aliphatic rings. The van der Waals surface area contributed by atoms with E-state index in [0.29, 0.717) is 11.4 Å². The van der Waals surface area contributed by atoms with Gasteiger partial charge in [0.05, 0.1) is 27.9 Å². The molecule has 0 unspecified atom stereocenters. The third-order valence-corrected chi connectivity index (χ3v) is 10.8. The van der Waals surface area contributed by atoms with Crippen molar-refractivity contribution in [3.05, 3.63) is 186 Å². The molecule has 10 aromatic rings. The second-order valence-corrected chi connectivity index (χ2v) is 14.4. The molecule has 260 valence electrons. The van der Waals surface area contributed by atoms with Crippen LogP contribution in [0.1, 0.15) is 16.7 Å². The van der Waals surface area contributed by atoms with Crippen LogP contribution in [0.4, 0.5) is 42.9 Å². The highest BCUT2D eigenvalue weighted by Crippen LogP contribution is 2.47. The Hall–Kier alpha value is -6.72. The summed E-state index contributed by atoms with van der Waals surface area (Å²) in [5.74, 6) is -0.576.